The van der Waals surface area contributed by atoms with Crippen LogP contribution in [0.25, 0.3) is 0 Å². The lowest BCUT2D eigenvalue weighted by Crippen LogP contribution is -2.52. The number of carbonyl (C=O) groups excluding carboxylic acids is 1. The van der Waals surface area contributed by atoms with E-state index in [1.807, 2.05) is 24.3 Å². The molecule has 0 radical (unpaired) electrons. The highest BCUT2D eigenvalue weighted by atomic mass is 79.9. The molecule has 1 aliphatic rings. The highest BCUT2D eigenvalue weighted by Gasteiger charge is 2.24. The minimum atomic E-state index is -0.718. The summed E-state index contributed by atoms with van der Waals surface area (Å²) in [5.41, 5.74) is 0. The van der Waals surface area contributed by atoms with Gasteiger partial charge in [0, 0.05) is 19.6 Å². The summed E-state index contributed by atoms with van der Waals surface area (Å²) in [6, 6.07) is 7.43. The van der Waals surface area contributed by atoms with Crippen molar-refractivity contribution in [3.63, 3.8) is 0 Å². The monoisotopic (exact) mass is 328 g/mol. The number of aliphatic hydroxyl groups excluding tert-OH is 1. The highest BCUT2D eigenvalue weighted by Crippen LogP contribution is 2.23. The summed E-state index contributed by atoms with van der Waals surface area (Å²) in [7, 11) is 0. The first-order chi connectivity index (χ1) is 9.16. The zero-order chi connectivity index (χ0) is 13.7. The van der Waals surface area contributed by atoms with Crippen molar-refractivity contribution in [3.05, 3.63) is 28.7 Å². The number of aliphatic hydroxyl groups is 1. The Morgan fingerprint density at radius 3 is 2.89 bits per heavy atom. The lowest BCUT2D eigenvalue weighted by atomic mass is 10.0. The molecule has 6 heteroatoms. The number of halogens is 1. The fraction of sp³-hybridized carbons (Fsp3) is 0.462. The van der Waals surface area contributed by atoms with Gasteiger partial charge in [-0.05, 0) is 28.1 Å². The van der Waals surface area contributed by atoms with Crippen LogP contribution in [0.2, 0.25) is 0 Å². The predicted octanol–water partition coefficient (Wildman–Crippen LogP) is 0.524. The molecule has 1 unspecified atom stereocenters. The van der Waals surface area contributed by atoms with E-state index in [9.17, 15) is 9.90 Å². The molecule has 0 aromatic heterocycles. The van der Waals surface area contributed by atoms with Crippen molar-refractivity contribution in [2.24, 2.45) is 5.92 Å². The van der Waals surface area contributed by atoms with Gasteiger partial charge in [-0.3, -0.25) is 4.79 Å². The van der Waals surface area contributed by atoms with E-state index in [1.165, 1.54) is 0 Å². The van der Waals surface area contributed by atoms with E-state index in [-0.39, 0.29) is 25.0 Å². The molecule has 0 bridgehead atoms. The van der Waals surface area contributed by atoms with Crippen molar-refractivity contribution in [1.82, 2.24) is 10.6 Å². The van der Waals surface area contributed by atoms with Crippen LogP contribution in [0.4, 0.5) is 0 Å². The molecule has 0 spiro atoms. The van der Waals surface area contributed by atoms with Gasteiger partial charge in [0.1, 0.15) is 18.5 Å². The third-order valence-electron chi connectivity index (χ3n) is 2.93. The molecule has 104 valence electrons. The van der Waals surface area contributed by atoms with Crippen molar-refractivity contribution in [3.8, 4) is 5.75 Å². The van der Waals surface area contributed by atoms with Gasteiger partial charge >= 0.3 is 0 Å². The molecule has 0 saturated carbocycles. The first kappa shape index (κ1) is 14.3. The molecule has 1 atom stereocenters. The first-order valence-corrected chi connectivity index (χ1v) is 7.00. The molecule has 1 fully saturated rings. The van der Waals surface area contributed by atoms with Crippen molar-refractivity contribution >= 4 is 21.8 Å². The molecule has 1 amide bonds. The van der Waals surface area contributed by atoms with Gasteiger partial charge in [-0.1, -0.05) is 12.1 Å². The minimum absolute atomic E-state index is 0.0151. The quantitative estimate of drug-likeness (QED) is 0.712. The van der Waals surface area contributed by atoms with Crippen LogP contribution < -0.4 is 15.4 Å². The Morgan fingerprint density at radius 2 is 2.26 bits per heavy atom. The largest absolute Gasteiger partial charge is 0.490 e. The van der Waals surface area contributed by atoms with Crippen LogP contribution in [0.1, 0.15) is 0 Å². The van der Waals surface area contributed by atoms with E-state index >= 15 is 0 Å². The molecule has 3 N–H and O–H groups in total. The summed E-state index contributed by atoms with van der Waals surface area (Å²) in [6.07, 6.45) is -0.718. The van der Waals surface area contributed by atoms with E-state index in [0.29, 0.717) is 5.75 Å². The standard InChI is InChI=1S/C13H17BrN2O3/c14-11-3-1-2-4-12(11)19-8-10(17)7-16-13(18)9-5-15-6-9/h1-4,9-10,15,17H,5-8H2,(H,16,18). The number of hydrogen-bond acceptors (Lipinski definition) is 4. The van der Waals surface area contributed by atoms with Gasteiger partial charge in [-0.2, -0.15) is 0 Å². The van der Waals surface area contributed by atoms with Gasteiger partial charge < -0.3 is 20.5 Å². The van der Waals surface area contributed by atoms with Crippen LogP contribution >= 0.6 is 15.9 Å². The number of amides is 1. The fourth-order valence-electron chi connectivity index (χ4n) is 1.64. The number of benzene rings is 1. The van der Waals surface area contributed by atoms with E-state index in [2.05, 4.69) is 26.6 Å². The number of carbonyl (C=O) groups is 1. The maximum atomic E-state index is 11.5. The van der Waals surface area contributed by atoms with E-state index in [4.69, 9.17) is 4.74 Å². The molecule has 2 rings (SSSR count). The Balaban J connectivity index is 1.68. The van der Waals surface area contributed by atoms with Crippen molar-refractivity contribution in [1.29, 1.82) is 0 Å². The van der Waals surface area contributed by atoms with Crippen molar-refractivity contribution in [2.45, 2.75) is 6.10 Å². The van der Waals surface area contributed by atoms with Gasteiger partial charge in [-0.15, -0.1) is 0 Å². The molecular formula is C13H17BrN2O3. The molecule has 19 heavy (non-hydrogen) atoms. The summed E-state index contributed by atoms with van der Waals surface area (Å²) in [5, 5.41) is 15.5. The summed E-state index contributed by atoms with van der Waals surface area (Å²) in [6.45, 7) is 1.79. The molecular weight excluding hydrogens is 312 g/mol. The minimum Gasteiger partial charge on any atom is -0.490 e. The second kappa shape index (κ2) is 6.88. The van der Waals surface area contributed by atoms with E-state index < -0.39 is 6.10 Å². The molecule has 1 aliphatic heterocycles. The molecule has 5 nitrogen and oxygen atoms in total. The van der Waals surface area contributed by atoms with E-state index in [0.717, 1.165) is 17.6 Å². The number of rotatable bonds is 6. The smallest absolute Gasteiger partial charge is 0.225 e. The van der Waals surface area contributed by atoms with Gasteiger partial charge in [-0.25, -0.2) is 0 Å². The SMILES string of the molecule is O=C(NCC(O)COc1ccccc1Br)C1CNC1. The Bertz CT molecular complexity index is 438. The Labute approximate surface area is 120 Å². The maximum absolute atomic E-state index is 11.5. The molecule has 0 aliphatic carbocycles. The second-order valence-corrected chi connectivity index (χ2v) is 5.35. The zero-order valence-corrected chi connectivity index (χ0v) is 12.0. The summed E-state index contributed by atoms with van der Waals surface area (Å²) in [4.78, 5) is 11.5. The second-order valence-electron chi connectivity index (χ2n) is 4.50. The summed E-state index contributed by atoms with van der Waals surface area (Å²) < 4.78 is 6.31. The Morgan fingerprint density at radius 1 is 1.53 bits per heavy atom. The topological polar surface area (TPSA) is 70.6 Å². The molecule has 1 heterocycles. The summed E-state index contributed by atoms with van der Waals surface area (Å²) >= 11 is 3.36. The van der Waals surface area contributed by atoms with Crippen LogP contribution in [-0.4, -0.2) is 43.4 Å². The van der Waals surface area contributed by atoms with Crippen LogP contribution in [0, 0.1) is 5.92 Å². The zero-order valence-electron chi connectivity index (χ0n) is 10.4. The van der Waals surface area contributed by atoms with Gasteiger partial charge in [0.15, 0.2) is 0 Å². The average molecular weight is 329 g/mol. The lowest BCUT2D eigenvalue weighted by molar-refractivity contribution is -0.126. The first-order valence-electron chi connectivity index (χ1n) is 6.20. The summed E-state index contributed by atoms with van der Waals surface area (Å²) in [5.74, 6) is 0.700. The third-order valence-corrected chi connectivity index (χ3v) is 3.59. The molecule has 1 saturated heterocycles. The maximum Gasteiger partial charge on any atom is 0.225 e. The van der Waals surface area contributed by atoms with Crippen molar-refractivity contribution < 1.29 is 14.6 Å². The molecule has 1 aromatic carbocycles. The highest BCUT2D eigenvalue weighted by molar-refractivity contribution is 9.10. The molecule has 1 aromatic rings. The van der Waals surface area contributed by atoms with Gasteiger partial charge in [0.05, 0.1) is 10.4 Å². The van der Waals surface area contributed by atoms with Crippen LogP contribution in [0.3, 0.4) is 0 Å². The number of hydrogen-bond donors (Lipinski definition) is 3. The van der Waals surface area contributed by atoms with E-state index in [1.54, 1.807) is 0 Å². The van der Waals surface area contributed by atoms with Crippen molar-refractivity contribution in [2.75, 3.05) is 26.2 Å². The van der Waals surface area contributed by atoms with Crippen LogP contribution in [-0.2, 0) is 4.79 Å². The number of para-hydroxylation sites is 1. The fourth-order valence-corrected chi connectivity index (χ4v) is 2.04. The Hall–Kier alpha value is -1.11. The third kappa shape index (κ3) is 4.19. The lowest BCUT2D eigenvalue weighted by Gasteiger charge is -2.26. The predicted molar refractivity (Wildman–Crippen MR) is 75.0 cm³/mol. The number of ether oxygens (including phenoxy) is 1. The van der Waals surface area contributed by atoms with Gasteiger partial charge in [0.2, 0.25) is 5.91 Å². The average Bonchev–Trinajstić information content (AvgIpc) is 2.33. The number of nitrogens with one attached hydrogen (secondary N) is 2. The van der Waals surface area contributed by atoms with Gasteiger partial charge in [0.25, 0.3) is 0 Å². The Kier molecular flexibility index (Phi) is 5.18. The van der Waals surface area contributed by atoms with Crippen LogP contribution in [0.15, 0.2) is 28.7 Å². The normalized spacial score (nSPS) is 16.5. The van der Waals surface area contributed by atoms with Crippen LogP contribution in [0.5, 0.6) is 5.75 Å².